The molecule has 1 aromatic rings. The maximum Gasteiger partial charge on any atom is 0.243 e. The van der Waals surface area contributed by atoms with Crippen LogP contribution >= 0.6 is 11.6 Å². The minimum Gasteiger partial charge on any atom is -0.329 e. The maximum atomic E-state index is 12.6. The van der Waals surface area contributed by atoms with Crippen molar-refractivity contribution in [2.75, 3.05) is 13.1 Å². The first-order chi connectivity index (χ1) is 9.50. The van der Waals surface area contributed by atoms with Gasteiger partial charge in [0.2, 0.25) is 10.0 Å². The second-order valence-corrected chi connectivity index (χ2v) is 7.05. The number of rotatable bonds is 3. The molecule has 1 aromatic carbocycles. The third-order valence-electron chi connectivity index (χ3n) is 3.51. The summed E-state index contributed by atoms with van der Waals surface area (Å²) >= 11 is 5.91. The summed E-state index contributed by atoms with van der Waals surface area (Å²) in [6.07, 6.45) is 2.60. The zero-order valence-corrected chi connectivity index (χ0v) is 12.5. The molecule has 2 N–H and O–H groups in total. The summed E-state index contributed by atoms with van der Waals surface area (Å²) in [6.45, 7) is 0.783. The fourth-order valence-electron chi connectivity index (χ4n) is 2.41. The van der Waals surface area contributed by atoms with Gasteiger partial charge in [0.1, 0.15) is 6.07 Å². The number of benzene rings is 1. The van der Waals surface area contributed by atoms with Crippen molar-refractivity contribution in [1.29, 1.82) is 5.26 Å². The molecule has 1 unspecified atom stereocenters. The monoisotopic (exact) mass is 313 g/mol. The molecule has 1 aliphatic rings. The zero-order chi connectivity index (χ0) is 14.8. The summed E-state index contributed by atoms with van der Waals surface area (Å²) in [5.74, 6) is 0. The van der Waals surface area contributed by atoms with Gasteiger partial charge in [-0.15, -0.1) is 0 Å². The van der Waals surface area contributed by atoms with Gasteiger partial charge in [0, 0.05) is 19.1 Å². The van der Waals surface area contributed by atoms with Gasteiger partial charge in [0.15, 0.2) is 0 Å². The Balaban J connectivity index is 2.39. The SMILES string of the molecule is N#Cc1ccc(S(=O)(=O)N2CCCCC2CN)cc1Cl. The Kier molecular flexibility index (Phi) is 4.66. The highest BCUT2D eigenvalue weighted by atomic mass is 35.5. The molecule has 0 bridgehead atoms. The normalized spacial score (nSPS) is 20.6. The van der Waals surface area contributed by atoms with E-state index < -0.39 is 10.0 Å². The number of nitrogens with zero attached hydrogens (tertiary/aromatic N) is 2. The lowest BCUT2D eigenvalue weighted by molar-refractivity contribution is 0.257. The molecule has 1 aliphatic heterocycles. The fourth-order valence-corrected chi connectivity index (χ4v) is 4.43. The van der Waals surface area contributed by atoms with E-state index in [4.69, 9.17) is 22.6 Å². The number of hydrogen-bond acceptors (Lipinski definition) is 4. The predicted molar refractivity (Wildman–Crippen MR) is 76.8 cm³/mol. The molecule has 1 atom stereocenters. The van der Waals surface area contributed by atoms with E-state index in [0.717, 1.165) is 19.3 Å². The number of sulfonamides is 1. The Morgan fingerprint density at radius 1 is 1.45 bits per heavy atom. The Labute approximate surface area is 124 Å². The smallest absolute Gasteiger partial charge is 0.243 e. The molecule has 1 heterocycles. The Bertz CT molecular complexity index is 640. The van der Waals surface area contributed by atoms with E-state index in [2.05, 4.69) is 0 Å². The Morgan fingerprint density at radius 2 is 2.20 bits per heavy atom. The third kappa shape index (κ3) is 2.81. The van der Waals surface area contributed by atoms with Crippen LogP contribution in [0.15, 0.2) is 23.1 Å². The van der Waals surface area contributed by atoms with Crippen LogP contribution in [-0.4, -0.2) is 31.9 Å². The van der Waals surface area contributed by atoms with Crippen LogP contribution in [0.2, 0.25) is 5.02 Å². The first-order valence-corrected chi connectivity index (χ1v) is 8.24. The van der Waals surface area contributed by atoms with Crippen LogP contribution in [0.3, 0.4) is 0 Å². The average Bonchev–Trinajstić information content (AvgIpc) is 2.47. The minimum atomic E-state index is -3.61. The van der Waals surface area contributed by atoms with E-state index in [9.17, 15) is 8.42 Å². The highest BCUT2D eigenvalue weighted by Gasteiger charge is 2.32. The number of piperidine rings is 1. The van der Waals surface area contributed by atoms with E-state index in [-0.39, 0.29) is 21.5 Å². The van der Waals surface area contributed by atoms with Crippen LogP contribution in [0, 0.1) is 11.3 Å². The van der Waals surface area contributed by atoms with E-state index in [1.165, 1.54) is 22.5 Å². The maximum absolute atomic E-state index is 12.6. The molecule has 0 aliphatic carbocycles. The number of halogens is 1. The molecule has 0 saturated carbocycles. The van der Waals surface area contributed by atoms with Gasteiger partial charge in [0.05, 0.1) is 15.5 Å². The second-order valence-electron chi connectivity index (χ2n) is 4.75. The molecule has 5 nitrogen and oxygen atoms in total. The number of nitriles is 1. The van der Waals surface area contributed by atoms with Crippen molar-refractivity contribution in [2.45, 2.75) is 30.2 Å². The standard InChI is InChI=1S/C13H16ClN3O2S/c14-13-7-12(5-4-10(13)8-15)20(18,19)17-6-2-1-3-11(17)9-16/h4-5,7,11H,1-3,6,9,16H2. The van der Waals surface area contributed by atoms with Crippen molar-refractivity contribution < 1.29 is 8.42 Å². The van der Waals surface area contributed by atoms with Gasteiger partial charge in [-0.1, -0.05) is 18.0 Å². The van der Waals surface area contributed by atoms with Crippen LogP contribution in [0.5, 0.6) is 0 Å². The van der Waals surface area contributed by atoms with Gasteiger partial charge in [-0.05, 0) is 31.0 Å². The van der Waals surface area contributed by atoms with Crippen molar-refractivity contribution in [2.24, 2.45) is 5.73 Å². The lowest BCUT2D eigenvalue weighted by Crippen LogP contribution is -2.47. The van der Waals surface area contributed by atoms with Gasteiger partial charge in [-0.2, -0.15) is 9.57 Å². The largest absolute Gasteiger partial charge is 0.329 e. The lowest BCUT2D eigenvalue weighted by Gasteiger charge is -2.33. The van der Waals surface area contributed by atoms with Crippen LogP contribution < -0.4 is 5.73 Å². The second kappa shape index (κ2) is 6.10. The van der Waals surface area contributed by atoms with Gasteiger partial charge >= 0.3 is 0 Å². The molecule has 0 radical (unpaired) electrons. The molecule has 0 aromatic heterocycles. The first kappa shape index (κ1) is 15.3. The van der Waals surface area contributed by atoms with Gasteiger partial charge < -0.3 is 5.73 Å². The molecule has 108 valence electrons. The number of hydrogen-bond donors (Lipinski definition) is 1. The van der Waals surface area contributed by atoms with Crippen molar-refractivity contribution in [3.05, 3.63) is 28.8 Å². The highest BCUT2D eigenvalue weighted by molar-refractivity contribution is 7.89. The van der Waals surface area contributed by atoms with Crippen molar-refractivity contribution in [3.8, 4) is 6.07 Å². The molecular weight excluding hydrogens is 298 g/mol. The van der Waals surface area contributed by atoms with Gasteiger partial charge in [-0.3, -0.25) is 0 Å². The van der Waals surface area contributed by atoms with Crippen LogP contribution in [0.25, 0.3) is 0 Å². The summed E-state index contributed by atoms with van der Waals surface area (Å²) in [7, 11) is -3.61. The Morgan fingerprint density at radius 3 is 2.80 bits per heavy atom. The summed E-state index contributed by atoms with van der Waals surface area (Å²) in [6, 6.07) is 5.93. The fraction of sp³-hybridized carbons (Fsp3) is 0.462. The van der Waals surface area contributed by atoms with Crippen molar-refractivity contribution in [1.82, 2.24) is 4.31 Å². The van der Waals surface area contributed by atoms with Crippen LogP contribution in [-0.2, 0) is 10.0 Å². The number of nitrogens with two attached hydrogens (primary N) is 1. The average molecular weight is 314 g/mol. The van der Waals surface area contributed by atoms with Crippen LogP contribution in [0.1, 0.15) is 24.8 Å². The quantitative estimate of drug-likeness (QED) is 0.920. The lowest BCUT2D eigenvalue weighted by atomic mass is 10.1. The molecule has 1 saturated heterocycles. The minimum absolute atomic E-state index is 0.113. The predicted octanol–water partition coefficient (Wildman–Crippen LogP) is 1.71. The first-order valence-electron chi connectivity index (χ1n) is 6.42. The molecule has 0 spiro atoms. The van der Waals surface area contributed by atoms with Gasteiger partial charge in [-0.25, -0.2) is 8.42 Å². The van der Waals surface area contributed by atoms with Crippen molar-refractivity contribution >= 4 is 21.6 Å². The topological polar surface area (TPSA) is 87.2 Å². The molecule has 2 rings (SSSR count). The molecular formula is C13H16ClN3O2S. The molecule has 7 heteroatoms. The summed E-state index contributed by atoms with van der Waals surface area (Å²) < 4.78 is 26.7. The van der Waals surface area contributed by atoms with Crippen molar-refractivity contribution in [3.63, 3.8) is 0 Å². The summed E-state index contributed by atoms with van der Waals surface area (Å²) in [5, 5.41) is 8.98. The van der Waals surface area contributed by atoms with E-state index in [0.29, 0.717) is 13.1 Å². The van der Waals surface area contributed by atoms with Gasteiger partial charge in [0.25, 0.3) is 0 Å². The Hall–Kier alpha value is -1.13. The van der Waals surface area contributed by atoms with Crippen LogP contribution in [0.4, 0.5) is 0 Å². The molecule has 1 fully saturated rings. The van der Waals surface area contributed by atoms with E-state index in [1.807, 2.05) is 6.07 Å². The third-order valence-corrected chi connectivity index (χ3v) is 5.77. The van der Waals surface area contributed by atoms with E-state index in [1.54, 1.807) is 0 Å². The summed E-state index contributed by atoms with van der Waals surface area (Å²) in [4.78, 5) is 0.113. The highest BCUT2D eigenvalue weighted by Crippen LogP contribution is 2.27. The molecule has 20 heavy (non-hydrogen) atoms. The molecule has 0 amide bonds. The zero-order valence-electron chi connectivity index (χ0n) is 10.9. The van der Waals surface area contributed by atoms with E-state index >= 15 is 0 Å². The summed E-state index contributed by atoms with van der Waals surface area (Å²) in [5.41, 5.74) is 5.93.